The lowest BCUT2D eigenvalue weighted by Gasteiger charge is -2.03. The minimum absolute atomic E-state index is 0.180. The van der Waals surface area contributed by atoms with Crippen molar-refractivity contribution in [2.75, 3.05) is 19.0 Å². The molecule has 1 N–H and O–H groups in total. The van der Waals surface area contributed by atoms with E-state index in [-0.39, 0.29) is 12.3 Å². The molecule has 0 aliphatic carbocycles. The third-order valence-electron chi connectivity index (χ3n) is 1.54. The van der Waals surface area contributed by atoms with Gasteiger partial charge in [-0.15, -0.1) is 0 Å². The molecule has 0 fully saturated rings. The summed E-state index contributed by atoms with van der Waals surface area (Å²) >= 11 is 0. The summed E-state index contributed by atoms with van der Waals surface area (Å²) in [5.41, 5.74) is 0.479. The van der Waals surface area contributed by atoms with Crippen molar-refractivity contribution >= 4 is 11.6 Å². The number of methoxy groups -OCH3 is 1. The fourth-order valence-corrected chi connectivity index (χ4v) is 0.868. The van der Waals surface area contributed by atoms with Crippen LogP contribution in [0, 0.1) is 5.95 Å². The maximum Gasteiger partial charge on any atom is 0.226 e. The van der Waals surface area contributed by atoms with Crippen molar-refractivity contribution in [2.45, 2.75) is 6.42 Å². The predicted octanol–water partition coefficient (Wildman–Crippen LogP) is 1.20. The van der Waals surface area contributed by atoms with Crippen molar-refractivity contribution in [1.29, 1.82) is 0 Å². The molecule has 1 heterocycles. The van der Waals surface area contributed by atoms with Gasteiger partial charge in [-0.2, -0.15) is 4.39 Å². The lowest BCUT2D eigenvalue weighted by atomic mass is 10.3. The molecule has 0 aliphatic heterocycles. The summed E-state index contributed by atoms with van der Waals surface area (Å²) in [5.74, 6) is -0.750. The molecular weight excluding hydrogens is 187 g/mol. The SMILES string of the molecule is COCCC(=O)Nc1ccc(F)nc1. The van der Waals surface area contributed by atoms with Crippen molar-refractivity contribution in [3.63, 3.8) is 0 Å². The first-order valence-corrected chi connectivity index (χ1v) is 4.12. The monoisotopic (exact) mass is 198 g/mol. The van der Waals surface area contributed by atoms with E-state index >= 15 is 0 Å². The maximum atomic E-state index is 12.4. The molecule has 0 radical (unpaired) electrons. The van der Waals surface area contributed by atoms with Crippen LogP contribution in [0.25, 0.3) is 0 Å². The van der Waals surface area contributed by atoms with Gasteiger partial charge in [-0.3, -0.25) is 4.79 Å². The minimum Gasteiger partial charge on any atom is -0.384 e. The lowest BCUT2D eigenvalue weighted by Crippen LogP contribution is -2.13. The Kier molecular flexibility index (Phi) is 4.00. The normalized spacial score (nSPS) is 9.86. The number of carbonyl (C=O) groups excluding carboxylic acids is 1. The molecule has 5 heteroatoms. The molecule has 0 unspecified atom stereocenters. The molecule has 1 rings (SSSR count). The van der Waals surface area contributed by atoms with Crippen molar-refractivity contribution in [3.05, 3.63) is 24.3 Å². The van der Waals surface area contributed by atoms with E-state index in [0.717, 1.165) is 0 Å². The average Bonchev–Trinajstić information content (AvgIpc) is 2.18. The van der Waals surface area contributed by atoms with Crippen LogP contribution in [-0.2, 0) is 9.53 Å². The molecule has 0 bridgehead atoms. The first-order valence-electron chi connectivity index (χ1n) is 4.12. The number of anilines is 1. The number of halogens is 1. The standard InChI is InChI=1S/C9H11FN2O2/c1-14-5-4-9(13)12-7-2-3-8(10)11-6-7/h2-3,6H,4-5H2,1H3,(H,12,13). The molecular formula is C9H11FN2O2. The second-order valence-electron chi connectivity index (χ2n) is 2.66. The van der Waals surface area contributed by atoms with Gasteiger partial charge in [-0.05, 0) is 12.1 Å². The highest BCUT2D eigenvalue weighted by atomic mass is 19.1. The fourth-order valence-electron chi connectivity index (χ4n) is 0.868. The average molecular weight is 198 g/mol. The summed E-state index contributed by atoms with van der Waals surface area (Å²) in [4.78, 5) is 14.5. The molecule has 0 saturated heterocycles. The summed E-state index contributed by atoms with van der Waals surface area (Å²) in [6.07, 6.45) is 1.54. The highest BCUT2D eigenvalue weighted by Crippen LogP contribution is 2.05. The van der Waals surface area contributed by atoms with E-state index in [1.807, 2.05) is 0 Å². The van der Waals surface area contributed by atoms with Crippen LogP contribution < -0.4 is 5.32 Å². The van der Waals surface area contributed by atoms with Crippen LogP contribution in [-0.4, -0.2) is 24.6 Å². The molecule has 1 aromatic heterocycles. The molecule has 4 nitrogen and oxygen atoms in total. The Balaban J connectivity index is 2.44. The molecule has 14 heavy (non-hydrogen) atoms. The van der Waals surface area contributed by atoms with Gasteiger partial charge in [0.2, 0.25) is 11.9 Å². The number of aromatic nitrogens is 1. The number of hydrogen-bond donors (Lipinski definition) is 1. The number of nitrogens with zero attached hydrogens (tertiary/aromatic N) is 1. The molecule has 0 aliphatic rings. The quantitative estimate of drug-likeness (QED) is 0.739. The van der Waals surface area contributed by atoms with Gasteiger partial charge in [0.1, 0.15) is 0 Å². The summed E-state index contributed by atoms with van der Waals surface area (Å²) in [6.45, 7) is 0.362. The number of nitrogens with one attached hydrogen (secondary N) is 1. The van der Waals surface area contributed by atoms with Crippen molar-refractivity contribution in [2.24, 2.45) is 0 Å². The smallest absolute Gasteiger partial charge is 0.226 e. The fraction of sp³-hybridized carbons (Fsp3) is 0.333. The van der Waals surface area contributed by atoms with Gasteiger partial charge in [0, 0.05) is 7.11 Å². The van der Waals surface area contributed by atoms with E-state index in [0.29, 0.717) is 12.3 Å². The van der Waals surface area contributed by atoms with Gasteiger partial charge in [0.25, 0.3) is 0 Å². The molecule has 0 atom stereocenters. The van der Waals surface area contributed by atoms with E-state index in [2.05, 4.69) is 10.3 Å². The van der Waals surface area contributed by atoms with Gasteiger partial charge in [-0.1, -0.05) is 0 Å². The van der Waals surface area contributed by atoms with Crippen LogP contribution in [0.4, 0.5) is 10.1 Å². The second kappa shape index (κ2) is 5.29. The topological polar surface area (TPSA) is 51.2 Å². The number of hydrogen-bond acceptors (Lipinski definition) is 3. The zero-order valence-electron chi connectivity index (χ0n) is 7.79. The van der Waals surface area contributed by atoms with Crippen LogP contribution >= 0.6 is 0 Å². The highest BCUT2D eigenvalue weighted by Gasteiger charge is 2.01. The second-order valence-corrected chi connectivity index (χ2v) is 2.66. The van der Waals surface area contributed by atoms with E-state index in [4.69, 9.17) is 4.74 Å². The predicted molar refractivity (Wildman–Crippen MR) is 49.3 cm³/mol. The van der Waals surface area contributed by atoms with Crippen LogP contribution in [0.1, 0.15) is 6.42 Å². The van der Waals surface area contributed by atoms with Crippen molar-refractivity contribution in [1.82, 2.24) is 4.98 Å². The Morgan fingerprint density at radius 2 is 2.43 bits per heavy atom. The van der Waals surface area contributed by atoms with Crippen LogP contribution in [0.2, 0.25) is 0 Å². The third-order valence-corrected chi connectivity index (χ3v) is 1.54. The zero-order valence-corrected chi connectivity index (χ0v) is 7.79. The number of pyridine rings is 1. The van der Waals surface area contributed by atoms with Gasteiger partial charge in [0.05, 0.1) is 24.9 Å². The number of rotatable bonds is 4. The minimum atomic E-state index is -0.570. The first kappa shape index (κ1) is 10.6. The molecule has 0 spiro atoms. The zero-order chi connectivity index (χ0) is 10.4. The molecule has 1 amide bonds. The first-order chi connectivity index (χ1) is 6.72. The van der Waals surface area contributed by atoms with Gasteiger partial charge < -0.3 is 10.1 Å². The number of amides is 1. The number of carbonyl (C=O) groups is 1. The Morgan fingerprint density at radius 3 is 3.00 bits per heavy atom. The Labute approximate surface area is 81.1 Å². The van der Waals surface area contributed by atoms with Gasteiger partial charge in [0.15, 0.2) is 0 Å². The molecule has 0 saturated carbocycles. The highest BCUT2D eigenvalue weighted by molar-refractivity contribution is 5.90. The van der Waals surface area contributed by atoms with Crippen LogP contribution in [0.5, 0.6) is 0 Å². The summed E-state index contributed by atoms with van der Waals surface area (Å²) in [7, 11) is 1.52. The lowest BCUT2D eigenvalue weighted by molar-refractivity contribution is -0.117. The van der Waals surface area contributed by atoms with Gasteiger partial charge >= 0.3 is 0 Å². The van der Waals surface area contributed by atoms with Crippen molar-refractivity contribution in [3.8, 4) is 0 Å². The van der Waals surface area contributed by atoms with Gasteiger partial charge in [-0.25, -0.2) is 4.98 Å². The Bertz CT molecular complexity index is 300. The third kappa shape index (κ3) is 3.49. The Hall–Kier alpha value is -1.49. The molecule has 0 aromatic carbocycles. The summed E-state index contributed by atoms with van der Waals surface area (Å²) in [5, 5.41) is 2.56. The Morgan fingerprint density at radius 1 is 1.64 bits per heavy atom. The van der Waals surface area contributed by atoms with E-state index in [1.165, 1.54) is 25.4 Å². The largest absolute Gasteiger partial charge is 0.384 e. The van der Waals surface area contributed by atoms with Crippen molar-refractivity contribution < 1.29 is 13.9 Å². The van der Waals surface area contributed by atoms with Crippen LogP contribution in [0.15, 0.2) is 18.3 Å². The number of ether oxygens (including phenoxy) is 1. The summed E-state index contributed by atoms with van der Waals surface area (Å²) < 4.78 is 17.1. The molecule has 76 valence electrons. The molecule has 1 aromatic rings. The van der Waals surface area contributed by atoms with E-state index < -0.39 is 5.95 Å². The van der Waals surface area contributed by atoms with Crippen LogP contribution in [0.3, 0.4) is 0 Å². The summed E-state index contributed by atoms with van der Waals surface area (Å²) in [6, 6.07) is 2.64. The maximum absolute atomic E-state index is 12.4. The van der Waals surface area contributed by atoms with E-state index in [9.17, 15) is 9.18 Å². The van der Waals surface area contributed by atoms with E-state index in [1.54, 1.807) is 0 Å².